The number of rotatable bonds is 6. The van der Waals surface area contributed by atoms with Crippen LogP contribution in [0.4, 0.5) is 5.69 Å². The van der Waals surface area contributed by atoms with Crippen molar-refractivity contribution in [2.75, 3.05) is 12.1 Å². The molecule has 0 saturated heterocycles. The Morgan fingerprint density at radius 2 is 1.86 bits per heavy atom. The molecule has 1 aliphatic rings. The zero-order valence-corrected chi connectivity index (χ0v) is 16.6. The van der Waals surface area contributed by atoms with E-state index in [2.05, 4.69) is 53.3 Å². The molecule has 6 heteroatoms. The first kappa shape index (κ1) is 18.5. The molecule has 0 bridgehead atoms. The number of carbonyl (C=O) groups is 1. The molecule has 0 spiro atoms. The summed E-state index contributed by atoms with van der Waals surface area (Å²) < 4.78 is 10.7. The number of thiophene rings is 1. The van der Waals surface area contributed by atoms with E-state index in [1.54, 1.807) is 23.5 Å². The van der Waals surface area contributed by atoms with Crippen LogP contribution in [0.5, 0.6) is 11.5 Å². The summed E-state index contributed by atoms with van der Waals surface area (Å²) >= 11 is 1.68. The van der Waals surface area contributed by atoms with Crippen LogP contribution >= 0.6 is 11.3 Å². The highest BCUT2D eigenvalue weighted by molar-refractivity contribution is 7.10. The van der Waals surface area contributed by atoms with Crippen LogP contribution in [-0.4, -0.2) is 18.7 Å². The lowest BCUT2D eigenvalue weighted by molar-refractivity contribution is -0.117. The highest BCUT2D eigenvalue weighted by atomic mass is 32.1. The maximum Gasteiger partial charge on any atom is 0.241 e. The fraction of sp³-hybridized carbons (Fsp3) is 0.227. The van der Waals surface area contributed by atoms with Gasteiger partial charge in [0.15, 0.2) is 11.5 Å². The van der Waals surface area contributed by atoms with Crippen molar-refractivity contribution in [1.29, 1.82) is 0 Å². The molecule has 144 valence electrons. The number of carbonyl (C=O) groups excluding carboxylic acids is 1. The van der Waals surface area contributed by atoms with E-state index in [1.165, 1.54) is 10.4 Å². The number of nitrogens with one attached hydrogen (secondary N) is 2. The Kier molecular flexibility index (Phi) is 5.32. The van der Waals surface area contributed by atoms with Gasteiger partial charge in [0.2, 0.25) is 12.7 Å². The lowest BCUT2D eigenvalue weighted by Crippen LogP contribution is -2.40. The topological polar surface area (TPSA) is 59.6 Å². The van der Waals surface area contributed by atoms with Crippen molar-refractivity contribution in [3.8, 4) is 11.5 Å². The molecule has 0 radical (unpaired) electrons. The Bertz CT molecular complexity index is 954. The van der Waals surface area contributed by atoms with E-state index in [0.717, 1.165) is 5.56 Å². The van der Waals surface area contributed by atoms with Gasteiger partial charge in [-0.3, -0.25) is 10.1 Å². The number of ether oxygens (including phenoxy) is 2. The first-order valence-corrected chi connectivity index (χ1v) is 10.0. The normalized spacial score (nSPS) is 14.5. The highest BCUT2D eigenvalue weighted by Gasteiger charge is 2.22. The number of fused-ring (bicyclic) bond motifs is 1. The van der Waals surface area contributed by atoms with E-state index in [1.807, 2.05) is 19.1 Å². The van der Waals surface area contributed by atoms with Crippen molar-refractivity contribution in [2.45, 2.75) is 25.9 Å². The van der Waals surface area contributed by atoms with Crippen LogP contribution < -0.4 is 20.1 Å². The van der Waals surface area contributed by atoms with Crippen LogP contribution in [-0.2, 0) is 4.79 Å². The summed E-state index contributed by atoms with van der Waals surface area (Å²) in [6.07, 6.45) is 0. The van der Waals surface area contributed by atoms with Crippen molar-refractivity contribution in [2.24, 2.45) is 0 Å². The molecule has 2 atom stereocenters. The SMILES string of the molecule is Cc1ccc([C@H](N[C@H](C)C(=O)Nc2ccc3c(c2)OCO3)c2cccs2)cc1. The Balaban J connectivity index is 1.48. The Morgan fingerprint density at radius 1 is 1.07 bits per heavy atom. The van der Waals surface area contributed by atoms with Crippen LogP contribution in [0.25, 0.3) is 0 Å². The maximum atomic E-state index is 12.8. The van der Waals surface area contributed by atoms with Crippen LogP contribution in [0.3, 0.4) is 0 Å². The average Bonchev–Trinajstić information content (AvgIpc) is 3.38. The molecule has 2 aromatic carbocycles. The Hall–Kier alpha value is -2.83. The first-order chi connectivity index (χ1) is 13.6. The molecule has 0 aliphatic carbocycles. The minimum Gasteiger partial charge on any atom is -0.454 e. The van der Waals surface area contributed by atoms with E-state index in [-0.39, 0.29) is 24.8 Å². The molecule has 1 aliphatic heterocycles. The quantitative estimate of drug-likeness (QED) is 0.647. The van der Waals surface area contributed by atoms with Gasteiger partial charge in [-0.15, -0.1) is 11.3 Å². The highest BCUT2D eigenvalue weighted by Crippen LogP contribution is 2.34. The molecule has 1 aromatic heterocycles. The van der Waals surface area contributed by atoms with Crippen LogP contribution in [0.1, 0.15) is 29.0 Å². The summed E-state index contributed by atoms with van der Waals surface area (Å²) in [5.74, 6) is 1.24. The summed E-state index contributed by atoms with van der Waals surface area (Å²) in [5, 5.41) is 8.47. The average molecular weight is 394 g/mol. The lowest BCUT2D eigenvalue weighted by Gasteiger charge is -2.23. The molecular weight excluding hydrogens is 372 g/mol. The summed E-state index contributed by atoms with van der Waals surface area (Å²) in [6.45, 7) is 4.15. The third kappa shape index (κ3) is 4.03. The van der Waals surface area contributed by atoms with Crippen molar-refractivity contribution >= 4 is 22.9 Å². The van der Waals surface area contributed by atoms with Gasteiger partial charge in [-0.1, -0.05) is 35.9 Å². The van der Waals surface area contributed by atoms with Gasteiger partial charge < -0.3 is 14.8 Å². The third-order valence-electron chi connectivity index (χ3n) is 4.69. The minimum atomic E-state index is -0.390. The van der Waals surface area contributed by atoms with E-state index < -0.39 is 0 Å². The smallest absolute Gasteiger partial charge is 0.241 e. The molecule has 28 heavy (non-hydrogen) atoms. The lowest BCUT2D eigenvalue weighted by atomic mass is 10.0. The Morgan fingerprint density at radius 3 is 2.61 bits per heavy atom. The molecule has 0 fully saturated rings. The van der Waals surface area contributed by atoms with E-state index in [4.69, 9.17) is 9.47 Å². The van der Waals surface area contributed by atoms with E-state index >= 15 is 0 Å². The van der Waals surface area contributed by atoms with E-state index in [0.29, 0.717) is 17.2 Å². The third-order valence-corrected chi connectivity index (χ3v) is 5.63. The molecule has 2 N–H and O–H groups in total. The molecule has 5 nitrogen and oxygen atoms in total. The predicted molar refractivity (Wildman–Crippen MR) is 111 cm³/mol. The molecule has 2 heterocycles. The largest absolute Gasteiger partial charge is 0.454 e. The number of benzene rings is 2. The Labute approximate surface area is 168 Å². The van der Waals surface area contributed by atoms with Gasteiger partial charge >= 0.3 is 0 Å². The van der Waals surface area contributed by atoms with Gasteiger partial charge in [-0.25, -0.2) is 0 Å². The number of hydrogen-bond acceptors (Lipinski definition) is 5. The van der Waals surface area contributed by atoms with Crippen molar-refractivity contribution in [3.05, 3.63) is 76.0 Å². The molecule has 4 rings (SSSR count). The van der Waals surface area contributed by atoms with Gasteiger partial charge in [0.05, 0.1) is 12.1 Å². The minimum absolute atomic E-state index is 0.0434. The maximum absolute atomic E-state index is 12.8. The zero-order chi connectivity index (χ0) is 19.5. The van der Waals surface area contributed by atoms with Crippen molar-refractivity contribution in [1.82, 2.24) is 5.32 Å². The molecule has 3 aromatic rings. The van der Waals surface area contributed by atoms with Crippen LogP contribution in [0, 0.1) is 6.92 Å². The monoisotopic (exact) mass is 394 g/mol. The zero-order valence-electron chi connectivity index (χ0n) is 15.8. The molecule has 0 unspecified atom stereocenters. The van der Waals surface area contributed by atoms with Crippen LogP contribution in [0.2, 0.25) is 0 Å². The van der Waals surface area contributed by atoms with Gasteiger partial charge in [-0.05, 0) is 43.0 Å². The standard InChI is InChI=1S/C22H22N2O3S/c1-14-5-7-16(8-6-14)21(20-4-3-11-28-20)23-15(2)22(25)24-17-9-10-18-19(12-17)27-13-26-18/h3-12,15,21,23H,13H2,1-2H3,(H,24,25)/t15-,21+/m1/s1. The first-order valence-electron chi connectivity index (χ1n) is 9.17. The summed E-state index contributed by atoms with van der Waals surface area (Å²) in [5.41, 5.74) is 3.03. The van der Waals surface area contributed by atoms with E-state index in [9.17, 15) is 4.79 Å². The van der Waals surface area contributed by atoms with Crippen molar-refractivity contribution in [3.63, 3.8) is 0 Å². The summed E-state index contributed by atoms with van der Waals surface area (Å²) in [6, 6.07) is 17.5. The molecular formula is C22H22N2O3S. The van der Waals surface area contributed by atoms with Gasteiger partial charge in [0, 0.05) is 16.6 Å². The second-order valence-electron chi connectivity index (χ2n) is 6.80. The number of amides is 1. The molecule has 1 amide bonds. The predicted octanol–water partition coefficient (Wildman–Crippen LogP) is 4.49. The number of anilines is 1. The van der Waals surface area contributed by atoms with Crippen molar-refractivity contribution < 1.29 is 14.3 Å². The fourth-order valence-electron chi connectivity index (χ4n) is 3.11. The van der Waals surface area contributed by atoms with Gasteiger partial charge in [-0.2, -0.15) is 0 Å². The number of aryl methyl sites for hydroxylation is 1. The second kappa shape index (κ2) is 8.04. The summed E-state index contributed by atoms with van der Waals surface area (Å²) in [4.78, 5) is 13.9. The fourth-order valence-corrected chi connectivity index (χ4v) is 3.92. The van der Waals surface area contributed by atoms with Gasteiger partial charge in [0.1, 0.15) is 0 Å². The van der Waals surface area contributed by atoms with Crippen LogP contribution in [0.15, 0.2) is 60.0 Å². The summed E-state index contributed by atoms with van der Waals surface area (Å²) in [7, 11) is 0. The second-order valence-corrected chi connectivity index (χ2v) is 7.78. The molecule has 0 saturated carbocycles. The van der Waals surface area contributed by atoms with Gasteiger partial charge in [0.25, 0.3) is 0 Å². The number of hydrogen-bond donors (Lipinski definition) is 2.